The second kappa shape index (κ2) is 10.0. The number of nitrogens with zero attached hydrogens (tertiary/aromatic N) is 3. The third-order valence-corrected chi connectivity index (χ3v) is 6.71. The number of carbonyl (C=O) groups is 1. The van der Waals surface area contributed by atoms with E-state index >= 15 is 0 Å². The Kier molecular flexibility index (Phi) is 6.93. The number of hydrogen-bond donors (Lipinski definition) is 1. The number of anilines is 1. The Balaban J connectivity index is 1.40. The smallest absolute Gasteiger partial charge is 0.233 e. The lowest BCUT2D eigenvalue weighted by atomic mass is 10.1. The van der Waals surface area contributed by atoms with Crippen molar-refractivity contribution in [3.63, 3.8) is 0 Å². The average molecular weight is 465 g/mol. The van der Waals surface area contributed by atoms with Gasteiger partial charge in [0.2, 0.25) is 5.91 Å². The maximum absolute atomic E-state index is 12.9. The number of pyridine rings is 1. The molecule has 1 amide bonds. The van der Waals surface area contributed by atoms with Crippen molar-refractivity contribution < 1.29 is 14.3 Å². The fraction of sp³-hybridized carbons (Fsp3) is 0.280. The van der Waals surface area contributed by atoms with E-state index in [0.717, 1.165) is 46.7 Å². The number of methoxy groups -OCH3 is 2. The van der Waals surface area contributed by atoms with Crippen molar-refractivity contribution in [2.75, 3.05) is 51.1 Å². The second-order valence-corrected chi connectivity index (χ2v) is 8.74. The van der Waals surface area contributed by atoms with Crippen molar-refractivity contribution in [2.24, 2.45) is 5.73 Å². The summed E-state index contributed by atoms with van der Waals surface area (Å²) in [6, 6.07) is 15.7. The molecule has 0 saturated carbocycles. The van der Waals surface area contributed by atoms with Crippen molar-refractivity contribution in [1.29, 1.82) is 0 Å². The van der Waals surface area contributed by atoms with Gasteiger partial charge in [-0.15, -0.1) is 0 Å². The highest BCUT2D eigenvalue weighted by Gasteiger charge is 2.22. The predicted octanol–water partition coefficient (Wildman–Crippen LogP) is 3.62. The highest BCUT2D eigenvalue weighted by molar-refractivity contribution is 8.00. The van der Waals surface area contributed by atoms with Gasteiger partial charge in [0.05, 0.1) is 25.5 Å². The monoisotopic (exact) mass is 464 g/mol. The van der Waals surface area contributed by atoms with Crippen LogP contribution in [0.15, 0.2) is 60.1 Å². The Hall–Kier alpha value is -3.39. The van der Waals surface area contributed by atoms with Crippen LogP contribution in [0.3, 0.4) is 0 Å². The molecular weight excluding hydrogens is 436 g/mol. The summed E-state index contributed by atoms with van der Waals surface area (Å²) in [5.74, 6) is 1.96. The number of benzene rings is 2. The van der Waals surface area contributed by atoms with Crippen LogP contribution in [0.1, 0.15) is 5.56 Å². The molecular formula is C25H28N4O3S. The lowest BCUT2D eigenvalue weighted by molar-refractivity contribution is -0.128. The molecule has 0 radical (unpaired) electrons. The van der Waals surface area contributed by atoms with E-state index in [2.05, 4.69) is 11.5 Å². The lowest BCUT2D eigenvalue weighted by Gasteiger charge is -2.36. The zero-order chi connectivity index (χ0) is 23.4. The normalized spacial score (nSPS) is 13.8. The lowest BCUT2D eigenvalue weighted by Crippen LogP contribution is -2.49. The minimum absolute atomic E-state index is 0.0931. The zero-order valence-electron chi connectivity index (χ0n) is 18.9. The first-order valence-corrected chi connectivity index (χ1v) is 11.7. The number of fused-ring (bicyclic) bond motifs is 1. The Morgan fingerprint density at radius 2 is 1.70 bits per heavy atom. The molecule has 2 heterocycles. The van der Waals surface area contributed by atoms with Gasteiger partial charge in [-0.3, -0.25) is 4.79 Å². The SMILES string of the molecule is C=C(N)c1cc2ccc(OC)cc2nc1SCC(=O)N1CCN(c2ccc(OC)cc2)CC1. The fourth-order valence-corrected chi connectivity index (χ4v) is 4.78. The number of rotatable bonds is 7. The van der Waals surface area contributed by atoms with E-state index in [1.165, 1.54) is 11.8 Å². The summed E-state index contributed by atoms with van der Waals surface area (Å²) in [5, 5.41) is 1.65. The maximum atomic E-state index is 12.9. The fourth-order valence-electron chi connectivity index (χ4n) is 3.82. The van der Waals surface area contributed by atoms with Gasteiger partial charge in [-0.05, 0) is 42.5 Å². The summed E-state index contributed by atoms with van der Waals surface area (Å²) >= 11 is 1.40. The highest BCUT2D eigenvalue weighted by Crippen LogP contribution is 2.30. The molecule has 1 aliphatic heterocycles. The molecule has 1 saturated heterocycles. The third kappa shape index (κ3) is 5.17. The Morgan fingerprint density at radius 3 is 2.33 bits per heavy atom. The van der Waals surface area contributed by atoms with Gasteiger partial charge in [-0.2, -0.15) is 0 Å². The van der Waals surface area contributed by atoms with Crippen molar-refractivity contribution in [2.45, 2.75) is 5.03 Å². The predicted molar refractivity (Wildman–Crippen MR) is 134 cm³/mol. The number of amides is 1. The van der Waals surface area contributed by atoms with Crippen molar-refractivity contribution in [3.05, 3.63) is 60.7 Å². The van der Waals surface area contributed by atoms with Gasteiger partial charge < -0.3 is 25.0 Å². The first-order chi connectivity index (χ1) is 16.0. The van der Waals surface area contributed by atoms with Gasteiger partial charge in [0.15, 0.2) is 0 Å². The third-order valence-electron chi connectivity index (χ3n) is 5.74. The van der Waals surface area contributed by atoms with Crippen LogP contribution in [0.5, 0.6) is 11.5 Å². The Morgan fingerprint density at radius 1 is 1.03 bits per heavy atom. The Labute approximate surface area is 198 Å². The van der Waals surface area contributed by atoms with Gasteiger partial charge in [0.25, 0.3) is 0 Å². The molecule has 8 heteroatoms. The summed E-state index contributed by atoms with van der Waals surface area (Å²) in [5.41, 5.74) is 9.14. The average Bonchev–Trinajstić information content (AvgIpc) is 2.86. The molecule has 4 rings (SSSR count). The summed E-state index contributed by atoms with van der Waals surface area (Å²) in [6.07, 6.45) is 0. The van der Waals surface area contributed by atoms with Gasteiger partial charge in [-0.1, -0.05) is 18.3 Å². The number of hydrogen-bond acceptors (Lipinski definition) is 7. The molecule has 33 heavy (non-hydrogen) atoms. The highest BCUT2D eigenvalue weighted by atomic mass is 32.2. The molecule has 1 aromatic heterocycles. The summed E-state index contributed by atoms with van der Waals surface area (Å²) in [7, 11) is 3.29. The van der Waals surface area contributed by atoms with E-state index in [0.29, 0.717) is 29.6 Å². The van der Waals surface area contributed by atoms with E-state index in [1.807, 2.05) is 53.4 Å². The van der Waals surface area contributed by atoms with Gasteiger partial charge in [0.1, 0.15) is 16.5 Å². The number of carbonyl (C=O) groups excluding carboxylic acids is 1. The van der Waals surface area contributed by atoms with E-state index in [1.54, 1.807) is 14.2 Å². The number of piperazine rings is 1. The van der Waals surface area contributed by atoms with Crippen LogP contribution in [0.4, 0.5) is 5.69 Å². The van der Waals surface area contributed by atoms with Crippen molar-refractivity contribution in [3.8, 4) is 11.5 Å². The van der Waals surface area contributed by atoms with Crippen LogP contribution < -0.4 is 20.1 Å². The summed E-state index contributed by atoms with van der Waals surface area (Å²) in [6.45, 7) is 6.84. The second-order valence-electron chi connectivity index (χ2n) is 7.78. The minimum atomic E-state index is 0.0931. The van der Waals surface area contributed by atoms with Crippen LogP contribution in [0.25, 0.3) is 16.6 Å². The summed E-state index contributed by atoms with van der Waals surface area (Å²) < 4.78 is 10.5. The first kappa shape index (κ1) is 22.8. The number of nitrogens with two attached hydrogens (primary N) is 1. The molecule has 1 aliphatic rings. The van der Waals surface area contributed by atoms with E-state index < -0.39 is 0 Å². The van der Waals surface area contributed by atoms with Crippen LogP contribution in [0.2, 0.25) is 0 Å². The number of ether oxygens (including phenoxy) is 2. The minimum Gasteiger partial charge on any atom is -0.497 e. The quantitative estimate of drug-likeness (QED) is 0.535. The van der Waals surface area contributed by atoms with E-state index in [-0.39, 0.29) is 5.91 Å². The maximum Gasteiger partial charge on any atom is 0.233 e. The van der Waals surface area contributed by atoms with Crippen molar-refractivity contribution >= 4 is 40.0 Å². The number of thioether (sulfide) groups is 1. The topological polar surface area (TPSA) is 80.9 Å². The largest absolute Gasteiger partial charge is 0.497 e. The van der Waals surface area contributed by atoms with Crippen LogP contribution in [-0.4, -0.2) is 61.9 Å². The van der Waals surface area contributed by atoms with E-state index in [4.69, 9.17) is 20.2 Å². The van der Waals surface area contributed by atoms with Crippen LogP contribution in [-0.2, 0) is 4.79 Å². The molecule has 0 unspecified atom stereocenters. The molecule has 2 aromatic carbocycles. The molecule has 0 bridgehead atoms. The van der Waals surface area contributed by atoms with Gasteiger partial charge in [-0.25, -0.2) is 4.98 Å². The first-order valence-electron chi connectivity index (χ1n) is 10.7. The zero-order valence-corrected chi connectivity index (χ0v) is 19.7. The molecule has 0 spiro atoms. The van der Waals surface area contributed by atoms with Crippen LogP contribution in [0, 0.1) is 0 Å². The molecule has 3 aromatic rings. The Bertz CT molecular complexity index is 1160. The van der Waals surface area contributed by atoms with E-state index in [9.17, 15) is 4.79 Å². The molecule has 1 fully saturated rings. The molecule has 0 atom stereocenters. The number of aromatic nitrogens is 1. The standard InChI is InChI=1S/C25H28N4O3S/c1-17(26)22-14-18-4-7-21(32-3)15-23(18)27-25(22)33-16-24(30)29-12-10-28(11-13-29)19-5-8-20(31-2)9-6-19/h4-9,14-15H,1,10-13,16,26H2,2-3H3. The van der Waals surface area contributed by atoms with Gasteiger partial charge in [0, 0.05) is 54.6 Å². The summed E-state index contributed by atoms with van der Waals surface area (Å²) in [4.78, 5) is 21.8. The molecule has 2 N–H and O–H groups in total. The van der Waals surface area contributed by atoms with Gasteiger partial charge >= 0.3 is 0 Å². The molecule has 0 aliphatic carbocycles. The van der Waals surface area contributed by atoms with Crippen molar-refractivity contribution in [1.82, 2.24) is 9.88 Å². The molecule has 172 valence electrons. The van der Waals surface area contributed by atoms with Crippen LogP contribution >= 0.6 is 11.8 Å². The molecule has 7 nitrogen and oxygen atoms in total.